The second kappa shape index (κ2) is 6.04. The number of fused-ring (bicyclic) bond motifs is 1. The van der Waals surface area contributed by atoms with Gasteiger partial charge in [0, 0.05) is 10.6 Å². The second-order valence-corrected chi connectivity index (χ2v) is 5.95. The Hall–Kier alpha value is -1.89. The topological polar surface area (TPSA) is 115 Å². The van der Waals surface area contributed by atoms with E-state index in [1.807, 2.05) is 11.8 Å². The average molecular weight is 292 g/mol. The van der Waals surface area contributed by atoms with E-state index < -0.39 is 0 Å². The highest BCUT2D eigenvalue weighted by atomic mass is 32.2. The zero-order valence-corrected chi connectivity index (χ0v) is 12.5. The van der Waals surface area contributed by atoms with Gasteiger partial charge in [-0.2, -0.15) is 0 Å². The molecule has 108 valence electrons. The third-order valence-corrected chi connectivity index (χ3v) is 4.16. The van der Waals surface area contributed by atoms with E-state index in [4.69, 9.17) is 17.2 Å². The first-order valence-electron chi connectivity index (χ1n) is 6.39. The summed E-state index contributed by atoms with van der Waals surface area (Å²) in [5, 5.41) is 3.64. The van der Waals surface area contributed by atoms with Gasteiger partial charge < -0.3 is 17.2 Å². The van der Waals surface area contributed by atoms with Crippen LogP contribution in [0.4, 0.5) is 0 Å². The van der Waals surface area contributed by atoms with Gasteiger partial charge in [-0.3, -0.25) is 0 Å². The lowest BCUT2D eigenvalue weighted by Crippen LogP contribution is -2.33. The molecule has 0 bridgehead atoms. The zero-order valence-electron chi connectivity index (χ0n) is 11.7. The van der Waals surface area contributed by atoms with Gasteiger partial charge in [-0.05, 0) is 43.0 Å². The van der Waals surface area contributed by atoms with Gasteiger partial charge in [0.1, 0.15) is 0 Å². The molecule has 0 fully saturated rings. The van der Waals surface area contributed by atoms with E-state index in [-0.39, 0.29) is 18.0 Å². The highest BCUT2D eigenvalue weighted by Gasteiger charge is 2.22. The smallest absolute Gasteiger partial charge is 0.210 e. The highest BCUT2D eigenvalue weighted by Crippen LogP contribution is 2.40. The Labute approximate surface area is 122 Å². The van der Waals surface area contributed by atoms with E-state index in [9.17, 15) is 0 Å². The normalized spacial score (nSPS) is 18.3. The average Bonchev–Trinajstić information content (AvgIpc) is 2.35. The Morgan fingerprint density at radius 2 is 2.05 bits per heavy atom. The van der Waals surface area contributed by atoms with E-state index >= 15 is 0 Å². The fourth-order valence-corrected chi connectivity index (χ4v) is 3.64. The molecule has 1 unspecified atom stereocenters. The summed E-state index contributed by atoms with van der Waals surface area (Å²) >= 11 is 1.87. The first kappa shape index (κ1) is 14.5. The maximum Gasteiger partial charge on any atom is 0.210 e. The zero-order chi connectivity index (χ0) is 14.7. The first-order valence-corrected chi connectivity index (χ1v) is 7.38. The summed E-state index contributed by atoms with van der Waals surface area (Å²) in [5.41, 5.74) is 22.6. The van der Waals surface area contributed by atoms with Crippen molar-refractivity contribution in [2.75, 3.05) is 5.75 Å². The third-order valence-electron chi connectivity index (χ3n) is 3.07. The minimum Gasteiger partial charge on any atom is -0.369 e. The fourth-order valence-electron chi connectivity index (χ4n) is 2.36. The van der Waals surface area contributed by atoms with E-state index in [2.05, 4.69) is 41.5 Å². The Bertz CT molecular complexity index is 562. The Balaban J connectivity index is 2.29. The number of hydrogen-bond donors (Lipinski definition) is 4. The molecule has 0 radical (unpaired) electrons. The van der Waals surface area contributed by atoms with Crippen LogP contribution in [0.1, 0.15) is 29.2 Å². The molecule has 0 saturated heterocycles. The maximum absolute atomic E-state index is 5.80. The number of nitrogens with zero attached hydrogens (tertiary/aromatic N) is 2. The number of nitrogens with one attached hydrogen (secondary N) is 1. The Kier molecular flexibility index (Phi) is 4.39. The van der Waals surface area contributed by atoms with Crippen LogP contribution in [0.25, 0.3) is 0 Å². The number of aryl methyl sites for hydroxylation is 2. The minimum absolute atomic E-state index is 0.0496. The van der Waals surface area contributed by atoms with Crippen LogP contribution in [0, 0.1) is 13.8 Å². The van der Waals surface area contributed by atoms with E-state index in [1.54, 1.807) is 0 Å². The molecule has 0 spiro atoms. The number of rotatable bonds is 2. The number of hydrazone groups is 1. The summed E-state index contributed by atoms with van der Waals surface area (Å²) in [7, 11) is 0. The number of nitrogens with two attached hydrogens (primary N) is 3. The van der Waals surface area contributed by atoms with Crippen molar-refractivity contribution in [2.45, 2.75) is 31.2 Å². The van der Waals surface area contributed by atoms with Crippen molar-refractivity contribution in [3.8, 4) is 0 Å². The lowest BCUT2D eigenvalue weighted by atomic mass is 9.97. The molecule has 7 heteroatoms. The molecule has 0 amide bonds. The number of thioether (sulfide) groups is 1. The molecule has 1 aliphatic rings. The largest absolute Gasteiger partial charge is 0.369 e. The number of hydrogen-bond acceptors (Lipinski definition) is 3. The molecule has 1 atom stereocenters. The summed E-state index contributed by atoms with van der Waals surface area (Å²) in [6.45, 7) is 4.22. The van der Waals surface area contributed by atoms with Crippen molar-refractivity contribution in [2.24, 2.45) is 27.3 Å². The van der Waals surface area contributed by atoms with Crippen molar-refractivity contribution in [1.29, 1.82) is 0 Å². The number of aliphatic imine (C=N–C) groups is 1. The van der Waals surface area contributed by atoms with Crippen molar-refractivity contribution in [3.05, 3.63) is 28.8 Å². The molecule has 1 aliphatic heterocycles. The first-order chi connectivity index (χ1) is 9.47. The van der Waals surface area contributed by atoms with Gasteiger partial charge in [0.2, 0.25) is 11.9 Å². The molecular formula is C13H20N6S. The second-order valence-electron chi connectivity index (χ2n) is 4.81. The molecule has 0 aliphatic carbocycles. The molecule has 20 heavy (non-hydrogen) atoms. The molecular weight excluding hydrogens is 272 g/mol. The summed E-state index contributed by atoms with van der Waals surface area (Å²) in [6.07, 6.45) is 0.950. The Morgan fingerprint density at radius 3 is 2.75 bits per heavy atom. The van der Waals surface area contributed by atoms with Gasteiger partial charge in [0.25, 0.3) is 0 Å². The van der Waals surface area contributed by atoms with Crippen LogP contribution >= 0.6 is 11.8 Å². The minimum atomic E-state index is -0.0745. The molecule has 2 rings (SSSR count). The molecule has 1 aromatic carbocycles. The SMILES string of the molecule is Cc1cc(C)c2c(c1)SCCC2N=C(N)NN=C(N)N. The lowest BCUT2D eigenvalue weighted by molar-refractivity contribution is 0.670. The fraction of sp³-hybridized carbons (Fsp3) is 0.385. The molecule has 6 nitrogen and oxygen atoms in total. The van der Waals surface area contributed by atoms with Gasteiger partial charge in [0.05, 0.1) is 6.04 Å². The molecule has 0 aromatic heterocycles. The van der Waals surface area contributed by atoms with Crippen molar-refractivity contribution >= 4 is 23.7 Å². The van der Waals surface area contributed by atoms with E-state index in [0.29, 0.717) is 0 Å². The predicted octanol–water partition coefficient (Wildman–Crippen LogP) is 0.933. The molecule has 1 heterocycles. The van der Waals surface area contributed by atoms with Crippen molar-refractivity contribution < 1.29 is 0 Å². The maximum atomic E-state index is 5.80. The summed E-state index contributed by atoms with van der Waals surface area (Å²) in [6, 6.07) is 4.43. The van der Waals surface area contributed by atoms with Crippen LogP contribution in [-0.4, -0.2) is 17.7 Å². The van der Waals surface area contributed by atoms with Crippen LogP contribution in [0.2, 0.25) is 0 Å². The van der Waals surface area contributed by atoms with Crippen LogP contribution < -0.4 is 22.6 Å². The predicted molar refractivity (Wildman–Crippen MR) is 84.6 cm³/mol. The van der Waals surface area contributed by atoms with Gasteiger partial charge in [-0.15, -0.1) is 16.9 Å². The summed E-state index contributed by atoms with van der Waals surface area (Å²) in [5.74, 6) is 1.18. The summed E-state index contributed by atoms with van der Waals surface area (Å²) in [4.78, 5) is 5.78. The van der Waals surface area contributed by atoms with Crippen LogP contribution in [0.15, 0.2) is 27.1 Å². The van der Waals surface area contributed by atoms with E-state index in [1.165, 1.54) is 21.6 Å². The third kappa shape index (κ3) is 3.36. The van der Waals surface area contributed by atoms with Gasteiger partial charge in [-0.25, -0.2) is 10.4 Å². The standard InChI is InChI=1S/C13H20N6S/c1-7-5-8(2)11-9(3-4-20-10(11)6-7)17-13(16)19-18-12(14)15/h5-6,9H,3-4H2,1-2H3,(H4,14,15,18)(H3,16,17,19). The van der Waals surface area contributed by atoms with E-state index in [0.717, 1.165) is 12.2 Å². The van der Waals surface area contributed by atoms with Gasteiger partial charge in [-0.1, -0.05) is 6.07 Å². The molecule has 1 aromatic rings. The molecule has 0 saturated carbocycles. The lowest BCUT2D eigenvalue weighted by Gasteiger charge is -2.25. The number of benzene rings is 1. The van der Waals surface area contributed by atoms with Crippen molar-refractivity contribution in [1.82, 2.24) is 5.43 Å². The Morgan fingerprint density at radius 1 is 1.30 bits per heavy atom. The quantitative estimate of drug-likeness (QED) is 0.368. The highest BCUT2D eigenvalue weighted by molar-refractivity contribution is 7.99. The van der Waals surface area contributed by atoms with Gasteiger partial charge in [0.15, 0.2) is 0 Å². The summed E-state index contributed by atoms with van der Waals surface area (Å²) < 4.78 is 0. The van der Waals surface area contributed by atoms with Crippen LogP contribution in [-0.2, 0) is 0 Å². The van der Waals surface area contributed by atoms with Crippen molar-refractivity contribution in [3.63, 3.8) is 0 Å². The van der Waals surface area contributed by atoms with Gasteiger partial charge >= 0.3 is 0 Å². The van der Waals surface area contributed by atoms with Crippen LogP contribution in [0.3, 0.4) is 0 Å². The number of guanidine groups is 2. The van der Waals surface area contributed by atoms with Crippen LogP contribution in [0.5, 0.6) is 0 Å². The molecule has 7 N–H and O–H groups in total. The monoisotopic (exact) mass is 292 g/mol.